The minimum atomic E-state index is -0.873. The molecule has 3 rings (SSSR count). The number of benzene rings is 2. The van der Waals surface area contributed by atoms with E-state index in [4.69, 9.17) is 4.74 Å². The van der Waals surface area contributed by atoms with E-state index in [-0.39, 0.29) is 5.56 Å². The zero-order valence-corrected chi connectivity index (χ0v) is 12.7. The maximum atomic E-state index is 12.3. The Morgan fingerprint density at radius 2 is 1.74 bits per heavy atom. The van der Waals surface area contributed by atoms with Gasteiger partial charge in [-0.25, -0.2) is 4.39 Å². The summed E-state index contributed by atoms with van der Waals surface area (Å²) < 4.78 is 18.5. The van der Waals surface area contributed by atoms with Crippen molar-refractivity contribution in [3.05, 3.63) is 82.8 Å². The van der Waals surface area contributed by atoms with Crippen molar-refractivity contribution >= 4 is 0 Å². The van der Waals surface area contributed by atoms with E-state index < -0.39 is 6.86 Å². The first-order valence-corrected chi connectivity index (χ1v) is 7.27. The molecule has 116 valence electrons. The first-order valence-electron chi connectivity index (χ1n) is 7.27. The molecule has 0 spiro atoms. The minimum absolute atomic E-state index is 0.110. The molecule has 0 saturated heterocycles. The predicted molar refractivity (Wildman–Crippen MR) is 88.8 cm³/mol. The Morgan fingerprint density at radius 1 is 1.04 bits per heavy atom. The second kappa shape index (κ2) is 6.48. The average Bonchev–Trinajstić information content (AvgIpc) is 2.57. The van der Waals surface area contributed by atoms with E-state index in [1.165, 1.54) is 0 Å². The molecule has 0 saturated carbocycles. The van der Waals surface area contributed by atoms with Crippen LogP contribution in [0.5, 0.6) is 5.75 Å². The van der Waals surface area contributed by atoms with Crippen molar-refractivity contribution in [1.29, 1.82) is 0 Å². The fourth-order valence-corrected chi connectivity index (χ4v) is 2.51. The van der Waals surface area contributed by atoms with E-state index >= 15 is 0 Å². The third-order valence-electron chi connectivity index (χ3n) is 3.68. The van der Waals surface area contributed by atoms with Crippen LogP contribution in [0.3, 0.4) is 0 Å². The molecule has 4 heteroatoms. The standard InChI is InChI=1S/C19H16FNO2/c1-14-11-19(22)21(12-18(14)15-5-3-2-4-6-15)16-7-9-17(10-8-16)23-13-20/h2-12H,13H2,1H3. The zero-order chi connectivity index (χ0) is 16.2. The summed E-state index contributed by atoms with van der Waals surface area (Å²) in [6.07, 6.45) is 1.83. The molecular formula is C19H16FNO2. The number of nitrogens with zero attached hydrogens (tertiary/aromatic N) is 1. The molecular weight excluding hydrogens is 293 g/mol. The summed E-state index contributed by atoms with van der Waals surface area (Å²) in [5.41, 5.74) is 3.57. The van der Waals surface area contributed by atoms with Crippen LogP contribution in [0.4, 0.5) is 4.39 Å². The predicted octanol–water partition coefficient (Wildman–Crippen LogP) is 4.12. The Hall–Kier alpha value is -2.88. The third kappa shape index (κ3) is 3.16. The molecule has 0 radical (unpaired) electrons. The molecule has 1 aromatic heterocycles. The Balaban J connectivity index is 2.07. The lowest BCUT2D eigenvalue weighted by Gasteiger charge is -2.12. The molecule has 3 aromatic rings. The van der Waals surface area contributed by atoms with Gasteiger partial charge in [0.15, 0.2) is 0 Å². The average molecular weight is 309 g/mol. The molecule has 1 heterocycles. The molecule has 0 amide bonds. The Labute approximate surface area is 133 Å². The molecule has 2 aromatic carbocycles. The smallest absolute Gasteiger partial charge is 0.255 e. The summed E-state index contributed by atoms with van der Waals surface area (Å²) in [5, 5.41) is 0. The summed E-state index contributed by atoms with van der Waals surface area (Å²) in [4.78, 5) is 12.3. The van der Waals surface area contributed by atoms with E-state index in [1.54, 1.807) is 34.9 Å². The molecule has 0 aliphatic rings. The summed E-state index contributed by atoms with van der Waals surface area (Å²) in [6, 6.07) is 18.3. The Kier molecular flexibility index (Phi) is 4.24. The van der Waals surface area contributed by atoms with Gasteiger partial charge in [-0.2, -0.15) is 0 Å². The number of pyridine rings is 1. The number of aromatic nitrogens is 1. The largest absolute Gasteiger partial charge is 0.463 e. The molecule has 0 fully saturated rings. The van der Waals surface area contributed by atoms with E-state index in [0.29, 0.717) is 11.4 Å². The van der Waals surface area contributed by atoms with Crippen molar-refractivity contribution in [2.75, 3.05) is 6.86 Å². The van der Waals surface area contributed by atoms with Crippen LogP contribution in [0.15, 0.2) is 71.7 Å². The van der Waals surface area contributed by atoms with E-state index in [2.05, 4.69) is 0 Å². The van der Waals surface area contributed by atoms with Crippen molar-refractivity contribution in [3.8, 4) is 22.6 Å². The molecule has 0 aliphatic carbocycles. The van der Waals surface area contributed by atoms with Gasteiger partial charge in [-0.15, -0.1) is 0 Å². The number of aryl methyl sites for hydroxylation is 1. The highest BCUT2D eigenvalue weighted by atomic mass is 19.1. The van der Waals surface area contributed by atoms with Crippen LogP contribution in [0.2, 0.25) is 0 Å². The maximum absolute atomic E-state index is 12.3. The van der Waals surface area contributed by atoms with Gasteiger partial charge in [0.05, 0.1) is 0 Å². The second-order valence-corrected chi connectivity index (χ2v) is 5.19. The molecule has 0 bridgehead atoms. The van der Waals surface area contributed by atoms with Gasteiger partial charge in [0.25, 0.3) is 5.56 Å². The number of halogens is 1. The van der Waals surface area contributed by atoms with Gasteiger partial charge < -0.3 is 4.74 Å². The summed E-state index contributed by atoms with van der Waals surface area (Å²) >= 11 is 0. The van der Waals surface area contributed by atoms with Crippen LogP contribution in [0.1, 0.15) is 5.56 Å². The van der Waals surface area contributed by atoms with Crippen LogP contribution >= 0.6 is 0 Å². The van der Waals surface area contributed by atoms with Crippen molar-refractivity contribution < 1.29 is 9.13 Å². The fraction of sp³-hybridized carbons (Fsp3) is 0.105. The quantitative estimate of drug-likeness (QED) is 0.726. The van der Waals surface area contributed by atoms with Crippen molar-refractivity contribution in [3.63, 3.8) is 0 Å². The first kappa shape index (κ1) is 15.0. The van der Waals surface area contributed by atoms with Gasteiger partial charge in [-0.1, -0.05) is 30.3 Å². The van der Waals surface area contributed by atoms with E-state index in [0.717, 1.165) is 16.7 Å². The summed E-state index contributed by atoms with van der Waals surface area (Å²) in [6.45, 7) is 1.05. The summed E-state index contributed by atoms with van der Waals surface area (Å²) in [5.74, 6) is 0.430. The zero-order valence-electron chi connectivity index (χ0n) is 12.7. The molecule has 0 aliphatic heterocycles. The van der Waals surface area contributed by atoms with Gasteiger partial charge in [0.2, 0.25) is 6.86 Å². The van der Waals surface area contributed by atoms with Gasteiger partial charge in [0.1, 0.15) is 5.75 Å². The number of hydrogen-bond donors (Lipinski definition) is 0. The monoisotopic (exact) mass is 309 g/mol. The maximum Gasteiger partial charge on any atom is 0.255 e. The van der Waals surface area contributed by atoms with Crippen LogP contribution in [-0.4, -0.2) is 11.4 Å². The minimum Gasteiger partial charge on any atom is -0.463 e. The first-order chi connectivity index (χ1) is 11.2. The Morgan fingerprint density at radius 3 is 2.39 bits per heavy atom. The van der Waals surface area contributed by atoms with Crippen LogP contribution in [0, 0.1) is 6.92 Å². The second-order valence-electron chi connectivity index (χ2n) is 5.19. The number of hydrogen-bond acceptors (Lipinski definition) is 2. The van der Waals surface area contributed by atoms with Gasteiger partial charge in [-0.3, -0.25) is 9.36 Å². The lowest BCUT2D eigenvalue weighted by Crippen LogP contribution is -2.17. The van der Waals surface area contributed by atoms with Gasteiger partial charge in [0, 0.05) is 23.5 Å². The highest BCUT2D eigenvalue weighted by Gasteiger charge is 2.07. The Bertz CT molecular complexity index is 855. The van der Waals surface area contributed by atoms with Crippen molar-refractivity contribution in [1.82, 2.24) is 4.57 Å². The van der Waals surface area contributed by atoms with Crippen LogP contribution in [0.25, 0.3) is 16.8 Å². The van der Waals surface area contributed by atoms with E-state index in [1.807, 2.05) is 43.5 Å². The molecule has 0 atom stereocenters. The number of alkyl halides is 1. The molecule has 0 N–H and O–H groups in total. The molecule has 0 unspecified atom stereocenters. The van der Waals surface area contributed by atoms with Crippen molar-refractivity contribution in [2.45, 2.75) is 6.92 Å². The van der Waals surface area contributed by atoms with E-state index in [9.17, 15) is 9.18 Å². The molecule has 23 heavy (non-hydrogen) atoms. The lowest BCUT2D eigenvalue weighted by molar-refractivity contribution is 0.192. The SMILES string of the molecule is Cc1cc(=O)n(-c2ccc(OCF)cc2)cc1-c1ccccc1. The van der Waals surface area contributed by atoms with Crippen molar-refractivity contribution in [2.24, 2.45) is 0 Å². The topological polar surface area (TPSA) is 31.2 Å². The number of rotatable bonds is 4. The van der Waals surface area contributed by atoms with Crippen LogP contribution in [-0.2, 0) is 0 Å². The lowest BCUT2D eigenvalue weighted by atomic mass is 10.0. The van der Waals surface area contributed by atoms with Crippen LogP contribution < -0.4 is 10.3 Å². The van der Waals surface area contributed by atoms with Gasteiger partial charge >= 0.3 is 0 Å². The highest BCUT2D eigenvalue weighted by molar-refractivity contribution is 5.66. The van der Waals surface area contributed by atoms with Gasteiger partial charge in [-0.05, 0) is 42.3 Å². The highest BCUT2D eigenvalue weighted by Crippen LogP contribution is 2.23. The normalized spacial score (nSPS) is 10.5. The fourth-order valence-electron chi connectivity index (χ4n) is 2.51. The summed E-state index contributed by atoms with van der Waals surface area (Å²) in [7, 11) is 0. The molecule has 3 nitrogen and oxygen atoms in total. The third-order valence-corrected chi connectivity index (χ3v) is 3.68. The number of ether oxygens (including phenoxy) is 1.